The minimum Gasteiger partial charge on any atom is -0.306 e. The van der Waals surface area contributed by atoms with Crippen LogP contribution in [-0.4, -0.2) is 25.0 Å². The first kappa shape index (κ1) is 17.9. The largest absolute Gasteiger partial charge is 0.306 e. The molecule has 5 rings (SSSR count). The Kier molecular flexibility index (Phi) is 3.97. The molecule has 1 nitrogen and oxygen atoms in total. The molecule has 5 unspecified atom stereocenters. The first-order chi connectivity index (χ1) is 13.4. The van der Waals surface area contributed by atoms with E-state index >= 15 is 0 Å². The van der Waals surface area contributed by atoms with Crippen molar-refractivity contribution < 1.29 is 0 Å². The lowest BCUT2D eigenvalue weighted by Gasteiger charge is -2.33. The molecule has 28 heavy (non-hydrogen) atoms. The fourth-order valence-electron chi connectivity index (χ4n) is 6.57. The molecule has 2 aromatic rings. The summed E-state index contributed by atoms with van der Waals surface area (Å²) in [4.78, 5) is 2.47. The number of benzene rings is 2. The molecule has 3 aliphatic carbocycles. The number of fused-ring (bicyclic) bond motifs is 4. The van der Waals surface area contributed by atoms with Crippen LogP contribution < -0.4 is 0 Å². The van der Waals surface area contributed by atoms with Gasteiger partial charge in [0.25, 0.3) is 0 Å². The molecule has 5 atom stereocenters. The van der Waals surface area contributed by atoms with E-state index in [1.165, 1.54) is 22.3 Å². The van der Waals surface area contributed by atoms with Crippen LogP contribution in [0.25, 0.3) is 5.57 Å². The zero-order chi connectivity index (χ0) is 19.6. The van der Waals surface area contributed by atoms with Gasteiger partial charge in [-0.05, 0) is 59.7 Å². The topological polar surface area (TPSA) is 3.24 Å². The van der Waals surface area contributed by atoms with Crippen LogP contribution in [0.3, 0.4) is 0 Å². The third-order valence-electron chi connectivity index (χ3n) is 7.71. The Balaban J connectivity index is 1.69. The van der Waals surface area contributed by atoms with E-state index in [4.69, 9.17) is 0 Å². The molecule has 0 amide bonds. The van der Waals surface area contributed by atoms with Crippen LogP contribution in [0.5, 0.6) is 0 Å². The van der Waals surface area contributed by atoms with Crippen molar-refractivity contribution in [2.45, 2.75) is 38.1 Å². The minimum atomic E-state index is 0.0913. The van der Waals surface area contributed by atoms with Crippen LogP contribution in [0.2, 0.25) is 0 Å². The van der Waals surface area contributed by atoms with Gasteiger partial charge in [0, 0.05) is 17.4 Å². The third-order valence-corrected chi connectivity index (χ3v) is 7.71. The molecular formula is C27H31N. The molecule has 1 heteroatoms. The van der Waals surface area contributed by atoms with E-state index in [0.29, 0.717) is 29.7 Å². The Labute approximate surface area is 169 Å². The smallest absolute Gasteiger partial charge is 0.0190 e. The van der Waals surface area contributed by atoms with Crippen LogP contribution in [0, 0.1) is 17.8 Å². The lowest BCUT2D eigenvalue weighted by molar-refractivity contribution is 0.212. The fraction of sp³-hybridized carbons (Fsp3) is 0.407. The van der Waals surface area contributed by atoms with Gasteiger partial charge < -0.3 is 4.90 Å². The molecule has 0 aliphatic heterocycles. The molecular weight excluding hydrogens is 338 g/mol. The van der Waals surface area contributed by atoms with Crippen molar-refractivity contribution in [1.29, 1.82) is 0 Å². The van der Waals surface area contributed by atoms with Crippen molar-refractivity contribution in [1.82, 2.24) is 4.90 Å². The normalized spacial score (nSPS) is 32.4. The average Bonchev–Trinajstić information content (AvgIpc) is 3.09. The Morgan fingerprint density at radius 3 is 2.21 bits per heavy atom. The summed E-state index contributed by atoms with van der Waals surface area (Å²) < 4.78 is 0. The molecule has 0 bridgehead atoms. The lowest BCUT2D eigenvalue weighted by Crippen LogP contribution is -2.36. The van der Waals surface area contributed by atoms with E-state index in [1.54, 1.807) is 5.57 Å². The molecule has 144 valence electrons. The zero-order valence-corrected chi connectivity index (χ0v) is 17.7. The van der Waals surface area contributed by atoms with Crippen molar-refractivity contribution in [2.24, 2.45) is 17.8 Å². The van der Waals surface area contributed by atoms with Gasteiger partial charge in [-0.3, -0.25) is 0 Å². The summed E-state index contributed by atoms with van der Waals surface area (Å²) in [6, 6.07) is 20.8. The monoisotopic (exact) mass is 369 g/mol. The summed E-state index contributed by atoms with van der Waals surface area (Å²) >= 11 is 0. The van der Waals surface area contributed by atoms with Gasteiger partial charge in [0.2, 0.25) is 0 Å². The molecule has 1 fully saturated rings. The Morgan fingerprint density at radius 2 is 1.50 bits per heavy atom. The van der Waals surface area contributed by atoms with E-state index in [-0.39, 0.29) is 5.41 Å². The van der Waals surface area contributed by atoms with Gasteiger partial charge in [-0.15, -0.1) is 0 Å². The summed E-state index contributed by atoms with van der Waals surface area (Å²) in [5.41, 5.74) is 7.56. The van der Waals surface area contributed by atoms with Crippen LogP contribution in [0.15, 0.2) is 72.3 Å². The van der Waals surface area contributed by atoms with Gasteiger partial charge in [0.1, 0.15) is 0 Å². The predicted octanol–water partition coefficient (Wildman–Crippen LogP) is 5.90. The second kappa shape index (κ2) is 6.19. The second-order valence-corrected chi connectivity index (χ2v) is 9.74. The summed E-state index contributed by atoms with van der Waals surface area (Å²) in [5.74, 6) is 2.33. The van der Waals surface area contributed by atoms with E-state index in [0.717, 1.165) is 0 Å². The Bertz CT molecular complexity index is 963. The Morgan fingerprint density at radius 1 is 0.821 bits per heavy atom. The van der Waals surface area contributed by atoms with E-state index in [2.05, 4.69) is 107 Å². The summed E-state index contributed by atoms with van der Waals surface area (Å²) in [7, 11) is 4.52. The van der Waals surface area contributed by atoms with Crippen molar-refractivity contribution in [3.05, 3.63) is 89.0 Å². The van der Waals surface area contributed by atoms with Crippen molar-refractivity contribution in [3.63, 3.8) is 0 Å². The number of hydrogen-bond acceptors (Lipinski definition) is 1. The first-order valence-corrected chi connectivity index (χ1v) is 10.7. The minimum absolute atomic E-state index is 0.0913. The fourth-order valence-corrected chi connectivity index (χ4v) is 6.57. The second-order valence-electron chi connectivity index (χ2n) is 9.74. The molecule has 0 saturated heterocycles. The highest BCUT2D eigenvalue weighted by Crippen LogP contribution is 2.59. The van der Waals surface area contributed by atoms with Crippen molar-refractivity contribution in [3.8, 4) is 0 Å². The van der Waals surface area contributed by atoms with Gasteiger partial charge in [-0.1, -0.05) is 87.5 Å². The van der Waals surface area contributed by atoms with Gasteiger partial charge in [0.15, 0.2) is 0 Å². The molecule has 0 aromatic heterocycles. The molecule has 0 N–H and O–H groups in total. The van der Waals surface area contributed by atoms with Crippen LogP contribution in [-0.2, 0) is 5.41 Å². The molecule has 0 spiro atoms. The third kappa shape index (κ3) is 2.35. The van der Waals surface area contributed by atoms with Crippen LogP contribution in [0.1, 0.15) is 43.4 Å². The maximum atomic E-state index is 2.66. The summed E-state index contributed by atoms with van der Waals surface area (Å²) in [5, 5.41) is 0. The van der Waals surface area contributed by atoms with Gasteiger partial charge >= 0.3 is 0 Å². The standard InChI is InChI=1S/C27H31N/c1-17-25(18-11-7-6-8-12-18)21-16-24-20(15-22(21)26(17)28(4)5)19-13-9-10-14-23(19)27(24,2)3/h6-17,21-22,25-26H,1-5H3. The predicted molar refractivity (Wildman–Crippen MR) is 118 cm³/mol. The quantitative estimate of drug-likeness (QED) is 0.637. The highest BCUT2D eigenvalue weighted by Gasteiger charge is 2.52. The molecule has 3 aliphatic rings. The number of allylic oxidation sites excluding steroid dienone is 3. The molecule has 0 radical (unpaired) electrons. The van der Waals surface area contributed by atoms with E-state index in [1.807, 2.05) is 0 Å². The van der Waals surface area contributed by atoms with Crippen LogP contribution >= 0.6 is 0 Å². The maximum Gasteiger partial charge on any atom is 0.0190 e. The highest BCUT2D eigenvalue weighted by atomic mass is 15.1. The summed E-state index contributed by atoms with van der Waals surface area (Å²) in [6.45, 7) is 7.27. The highest BCUT2D eigenvalue weighted by molar-refractivity contribution is 5.90. The first-order valence-electron chi connectivity index (χ1n) is 10.7. The number of hydrogen-bond donors (Lipinski definition) is 0. The van der Waals surface area contributed by atoms with E-state index < -0.39 is 0 Å². The summed E-state index contributed by atoms with van der Waals surface area (Å²) in [6.07, 6.45) is 5.30. The van der Waals surface area contributed by atoms with Crippen LogP contribution in [0.4, 0.5) is 0 Å². The Hall–Kier alpha value is -2.12. The van der Waals surface area contributed by atoms with Crippen molar-refractivity contribution in [2.75, 3.05) is 14.1 Å². The molecule has 2 aromatic carbocycles. The number of nitrogens with zero attached hydrogens (tertiary/aromatic N) is 1. The van der Waals surface area contributed by atoms with Crippen molar-refractivity contribution >= 4 is 5.57 Å². The van der Waals surface area contributed by atoms with Gasteiger partial charge in [0.05, 0.1) is 0 Å². The average molecular weight is 370 g/mol. The number of rotatable bonds is 2. The molecule has 1 saturated carbocycles. The maximum absolute atomic E-state index is 2.66. The van der Waals surface area contributed by atoms with Gasteiger partial charge in [-0.25, -0.2) is 0 Å². The molecule has 0 heterocycles. The van der Waals surface area contributed by atoms with E-state index in [9.17, 15) is 0 Å². The lowest BCUT2D eigenvalue weighted by atomic mass is 9.73. The zero-order valence-electron chi connectivity index (χ0n) is 17.7. The SMILES string of the molecule is CC1C(c2ccccc2)C2C=C3C(=CC2C1N(C)C)c1ccccc1C3(C)C. The van der Waals surface area contributed by atoms with Gasteiger partial charge in [-0.2, -0.15) is 0 Å².